The molecule has 90 valence electrons. The predicted molar refractivity (Wildman–Crippen MR) is 56.1 cm³/mol. The van der Waals surface area contributed by atoms with Crippen molar-refractivity contribution in [3.05, 3.63) is 42.9 Å². The number of halogens is 1. The Hall–Kier alpha value is -2.22. The van der Waals surface area contributed by atoms with Crippen molar-refractivity contribution in [1.29, 1.82) is 0 Å². The summed E-state index contributed by atoms with van der Waals surface area (Å²) in [5.74, 6) is -1.17. The van der Waals surface area contributed by atoms with Crippen molar-refractivity contribution >= 4 is 28.9 Å². The molecule has 0 aliphatic rings. The topological polar surface area (TPSA) is 113 Å². The van der Waals surface area contributed by atoms with Gasteiger partial charge in [0, 0.05) is 12.1 Å². The van der Waals surface area contributed by atoms with E-state index >= 15 is 0 Å². The molecule has 0 amide bonds. The molecule has 0 atom stereocenters. The quantitative estimate of drug-likeness (QED) is 0.466. The average Bonchev–Trinajstić information content (AvgIpc) is 2.26. The Labute approximate surface area is 99.0 Å². The summed E-state index contributed by atoms with van der Waals surface area (Å²) in [7, 11) is 0.963. The highest BCUT2D eigenvalue weighted by atomic mass is 35.5. The maximum atomic E-state index is 11.3. The van der Waals surface area contributed by atoms with Gasteiger partial charge in [-0.1, -0.05) is 11.6 Å². The van der Waals surface area contributed by atoms with Gasteiger partial charge in [0.25, 0.3) is 11.4 Å². The highest BCUT2D eigenvalue weighted by molar-refractivity contribution is 6.31. The number of carbonyl (C=O) groups is 1. The van der Waals surface area contributed by atoms with E-state index in [-0.39, 0.29) is 5.02 Å². The van der Waals surface area contributed by atoms with Crippen LogP contribution in [-0.4, -0.2) is 22.9 Å². The monoisotopic (exact) mass is 260 g/mol. The molecule has 17 heavy (non-hydrogen) atoms. The minimum atomic E-state index is -1.17. The van der Waals surface area contributed by atoms with Crippen LogP contribution in [0, 0.1) is 20.2 Å². The van der Waals surface area contributed by atoms with Crippen molar-refractivity contribution in [2.75, 3.05) is 7.11 Å². The molecule has 1 aromatic carbocycles. The zero-order valence-electron chi connectivity index (χ0n) is 8.38. The molecule has 0 saturated carbocycles. The zero-order valence-corrected chi connectivity index (χ0v) is 9.13. The minimum absolute atomic E-state index is 0.212. The standard InChI is InChI=1S/C8H5ClN2O6/c1-17-8(12)7-5(10(13)14)2-4(9)3-6(7)11(15)16/h2-3H,1H3. The lowest BCUT2D eigenvalue weighted by Crippen LogP contribution is -2.09. The van der Waals surface area contributed by atoms with E-state index in [4.69, 9.17) is 11.6 Å². The van der Waals surface area contributed by atoms with Crippen LogP contribution in [0.1, 0.15) is 10.4 Å². The number of ether oxygens (including phenoxy) is 1. The first kappa shape index (κ1) is 12.8. The molecule has 0 aliphatic carbocycles. The number of esters is 1. The Morgan fingerprint density at radius 2 is 1.65 bits per heavy atom. The Morgan fingerprint density at radius 1 is 1.24 bits per heavy atom. The van der Waals surface area contributed by atoms with E-state index in [0.717, 1.165) is 19.2 Å². The number of nitro groups is 2. The SMILES string of the molecule is COC(=O)c1c([N+](=O)[O-])cc(Cl)cc1[N+](=O)[O-]. The molecule has 0 aliphatic heterocycles. The van der Waals surface area contributed by atoms with Gasteiger partial charge >= 0.3 is 5.97 Å². The van der Waals surface area contributed by atoms with E-state index in [9.17, 15) is 25.0 Å². The molecule has 1 rings (SSSR count). The fraction of sp³-hybridized carbons (Fsp3) is 0.125. The van der Waals surface area contributed by atoms with Crippen molar-refractivity contribution in [2.45, 2.75) is 0 Å². The van der Waals surface area contributed by atoms with Gasteiger partial charge in [-0.25, -0.2) is 4.79 Å². The second kappa shape index (κ2) is 4.74. The Morgan fingerprint density at radius 3 is 1.94 bits per heavy atom. The van der Waals surface area contributed by atoms with Gasteiger partial charge in [-0.3, -0.25) is 20.2 Å². The van der Waals surface area contributed by atoms with Crippen molar-refractivity contribution in [1.82, 2.24) is 0 Å². The highest BCUT2D eigenvalue weighted by Crippen LogP contribution is 2.32. The van der Waals surface area contributed by atoms with Crippen molar-refractivity contribution < 1.29 is 19.4 Å². The van der Waals surface area contributed by atoms with Crippen LogP contribution in [0.4, 0.5) is 11.4 Å². The third kappa shape index (κ3) is 2.48. The van der Waals surface area contributed by atoms with Gasteiger partial charge in [-0.2, -0.15) is 0 Å². The Balaban J connectivity index is 3.64. The van der Waals surface area contributed by atoms with Gasteiger partial charge in [0.15, 0.2) is 0 Å². The van der Waals surface area contributed by atoms with E-state index in [0.29, 0.717) is 0 Å². The molecule has 0 fully saturated rings. The predicted octanol–water partition coefficient (Wildman–Crippen LogP) is 1.94. The molecule has 0 saturated heterocycles. The molecule has 0 unspecified atom stereocenters. The number of nitrogens with zero attached hydrogens (tertiary/aromatic N) is 2. The van der Waals surface area contributed by atoms with Crippen molar-refractivity contribution in [2.24, 2.45) is 0 Å². The number of methoxy groups -OCH3 is 1. The molecular formula is C8H5ClN2O6. The maximum absolute atomic E-state index is 11.3. The summed E-state index contributed by atoms with van der Waals surface area (Å²) in [5.41, 5.74) is -2.26. The van der Waals surface area contributed by atoms with Gasteiger partial charge in [0.2, 0.25) is 5.56 Å². The number of hydrogen-bond acceptors (Lipinski definition) is 6. The van der Waals surface area contributed by atoms with E-state index < -0.39 is 32.8 Å². The second-order valence-corrected chi connectivity index (χ2v) is 3.26. The molecule has 1 aromatic rings. The normalized spacial score (nSPS) is 9.76. The van der Waals surface area contributed by atoms with Crippen molar-refractivity contribution in [3.63, 3.8) is 0 Å². The summed E-state index contributed by atoms with van der Waals surface area (Å²) < 4.78 is 4.27. The summed E-state index contributed by atoms with van der Waals surface area (Å²) in [4.78, 5) is 30.8. The second-order valence-electron chi connectivity index (χ2n) is 2.82. The lowest BCUT2D eigenvalue weighted by Gasteiger charge is -2.02. The maximum Gasteiger partial charge on any atom is 0.352 e. The summed E-state index contributed by atoms with van der Waals surface area (Å²) >= 11 is 5.50. The summed E-state index contributed by atoms with van der Waals surface area (Å²) in [6.45, 7) is 0. The van der Waals surface area contributed by atoms with E-state index in [2.05, 4.69) is 4.74 Å². The molecule has 0 radical (unpaired) electrons. The molecule has 0 spiro atoms. The average molecular weight is 261 g/mol. The number of benzene rings is 1. The highest BCUT2D eigenvalue weighted by Gasteiger charge is 2.32. The molecule has 0 N–H and O–H groups in total. The Kier molecular flexibility index (Phi) is 3.59. The van der Waals surface area contributed by atoms with Crippen LogP contribution in [0.25, 0.3) is 0 Å². The Bertz CT molecular complexity index is 480. The number of rotatable bonds is 3. The van der Waals surface area contributed by atoms with Crippen LogP contribution in [0.15, 0.2) is 12.1 Å². The van der Waals surface area contributed by atoms with Gasteiger partial charge in [-0.15, -0.1) is 0 Å². The van der Waals surface area contributed by atoms with E-state index in [1.54, 1.807) is 0 Å². The van der Waals surface area contributed by atoms with Gasteiger partial charge < -0.3 is 4.74 Å². The van der Waals surface area contributed by atoms with Gasteiger partial charge in [-0.05, 0) is 0 Å². The van der Waals surface area contributed by atoms with Crippen LogP contribution in [0.5, 0.6) is 0 Å². The fourth-order valence-electron chi connectivity index (χ4n) is 1.18. The molecule has 9 heteroatoms. The van der Waals surface area contributed by atoms with Crippen LogP contribution in [0.3, 0.4) is 0 Å². The summed E-state index contributed by atoms with van der Waals surface area (Å²) in [5, 5.41) is 21.2. The van der Waals surface area contributed by atoms with Crippen molar-refractivity contribution in [3.8, 4) is 0 Å². The largest absolute Gasteiger partial charge is 0.465 e. The first-order chi connectivity index (χ1) is 7.88. The molecule has 0 aromatic heterocycles. The lowest BCUT2D eigenvalue weighted by molar-refractivity contribution is -0.394. The van der Waals surface area contributed by atoms with E-state index in [1.165, 1.54) is 0 Å². The summed E-state index contributed by atoms with van der Waals surface area (Å²) in [6.07, 6.45) is 0. The van der Waals surface area contributed by atoms with E-state index in [1.807, 2.05) is 0 Å². The molecule has 8 nitrogen and oxygen atoms in total. The lowest BCUT2D eigenvalue weighted by atomic mass is 10.1. The first-order valence-corrected chi connectivity index (χ1v) is 4.47. The van der Waals surface area contributed by atoms with Gasteiger partial charge in [0.1, 0.15) is 0 Å². The third-order valence-corrected chi connectivity index (χ3v) is 2.06. The molecular weight excluding hydrogens is 256 g/mol. The van der Waals surface area contributed by atoms with Crippen LogP contribution >= 0.6 is 11.6 Å². The fourth-order valence-corrected chi connectivity index (χ4v) is 1.38. The minimum Gasteiger partial charge on any atom is -0.465 e. The van der Waals surface area contributed by atoms with Crippen LogP contribution in [0.2, 0.25) is 5.02 Å². The number of carbonyl (C=O) groups excluding carboxylic acids is 1. The first-order valence-electron chi connectivity index (χ1n) is 4.09. The van der Waals surface area contributed by atoms with Crippen LogP contribution < -0.4 is 0 Å². The smallest absolute Gasteiger partial charge is 0.352 e. The molecule has 0 bridgehead atoms. The summed E-state index contributed by atoms with van der Waals surface area (Å²) in [6, 6.07) is 1.70. The third-order valence-electron chi connectivity index (χ3n) is 1.84. The molecule has 0 heterocycles. The van der Waals surface area contributed by atoms with Gasteiger partial charge in [0.05, 0.1) is 22.0 Å². The number of hydrogen-bond donors (Lipinski definition) is 0. The number of nitro benzene ring substituents is 2. The zero-order chi connectivity index (χ0) is 13.2. The van der Waals surface area contributed by atoms with Crippen LogP contribution in [-0.2, 0) is 4.74 Å².